The van der Waals surface area contributed by atoms with Gasteiger partial charge in [0.15, 0.2) is 0 Å². The van der Waals surface area contributed by atoms with Crippen molar-refractivity contribution in [1.82, 2.24) is 10.2 Å². The van der Waals surface area contributed by atoms with E-state index >= 15 is 0 Å². The van der Waals surface area contributed by atoms with Crippen LogP contribution in [-0.4, -0.2) is 21.3 Å². The van der Waals surface area contributed by atoms with Gasteiger partial charge in [0.1, 0.15) is 0 Å². The Balaban J connectivity index is 1.84. The van der Waals surface area contributed by atoms with Crippen molar-refractivity contribution in [2.45, 2.75) is 57.8 Å². The van der Waals surface area contributed by atoms with Gasteiger partial charge >= 0.3 is 5.97 Å². The molecule has 0 aromatic carbocycles. The number of carboxylic acid groups (broad SMARTS) is 1. The lowest BCUT2D eigenvalue weighted by Crippen LogP contribution is -2.11. The van der Waals surface area contributed by atoms with Crippen molar-refractivity contribution in [3.05, 3.63) is 11.8 Å². The zero-order chi connectivity index (χ0) is 13.0. The van der Waals surface area contributed by atoms with E-state index in [2.05, 4.69) is 17.1 Å². The van der Waals surface area contributed by atoms with Crippen LogP contribution in [0.25, 0.3) is 0 Å². The summed E-state index contributed by atoms with van der Waals surface area (Å²) >= 11 is 0. The third-order valence-corrected chi connectivity index (χ3v) is 3.63. The lowest BCUT2D eigenvalue weighted by Gasteiger charge is -2.23. The van der Waals surface area contributed by atoms with Gasteiger partial charge in [-0.1, -0.05) is 6.92 Å². The first-order chi connectivity index (χ1) is 8.65. The molecule has 1 heterocycles. The summed E-state index contributed by atoms with van der Waals surface area (Å²) in [7, 11) is 0. The van der Waals surface area contributed by atoms with E-state index in [9.17, 15) is 4.79 Å². The maximum Gasteiger partial charge on any atom is 0.303 e. The van der Waals surface area contributed by atoms with Crippen molar-refractivity contribution in [3.8, 4) is 0 Å². The third-order valence-electron chi connectivity index (χ3n) is 3.63. The summed E-state index contributed by atoms with van der Waals surface area (Å²) in [5.74, 6) is 1.74. The van der Waals surface area contributed by atoms with Crippen LogP contribution in [0.2, 0.25) is 0 Å². The second-order valence-corrected chi connectivity index (χ2v) is 5.24. The fraction of sp³-hybridized carbons (Fsp3) is 0.769. The number of nitrogens with zero attached hydrogens (tertiary/aromatic N) is 2. The lowest BCUT2D eigenvalue weighted by molar-refractivity contribution is -0.137. The molecule has 1 aliphatic carbocycles. The Morgan fingerprint density at radius 1 is 1.33 bits per heavy atom. The SMILES string of the molecule is CC1CCC(c2nnc(CCCC(=O)O)o2)CC1. The summed E-state index contributed by atoms with van der Waals surface area (Å²) in [5, 5.41) is 16.7. The largest absolute Gasteiger partial charge is 0.481 e. The molecule has 0 amide bonds. The monoisotopic (exact) mass is 252 g/mol. The fourth-order valence-corrected chi connectivity index (χ4v) is 2.43. The van der Waals surface area contributed by atoms with E-state index in [-0.39, 0.29) is 6.42 Å². The highest BCUT2D eigenvalue weighted by Gasteiger charge is 2.24. The van der Waals surface area contributed by atoms with E-state index in [1.165, 1.54) is 12.8 Å². The quantitative estimate of drug-likeness (QED) is 0.872. The van der Waals surface area contributed by atoms with Crippen molar-refractivity contribution >= 4 is 5.97 Å². The zero-order valence-corrected chi connectivity index (χ0v) is 10.8. The fourth-order valence-electron chi connectivity index (χ4n) is 2.43. The highest BCUT2D eigenvalue weighted by atomic mass is 16.4. The first-order valence-electron chi connectivity index (χ1n) is 6.69. The predicted molar refractivity (Wildman–Crippen MR) is 65.2 cm³/mol. The van der Waals surface area contributed by atoms with E-state index in [0.29, 0.717) is 24.7 Å². The van der Waals surface area contributed by atoms with Crippen molar-refractivity contribution in [2.24, 2.45) is 5.92 Å². The Labute approximate surface area is 107 Å². The molecule has 1 aliphatic rings. The number of rotatable bonds is 5. The molecule has 5 heteroatoms. The molecular formula is C13H20N2O3. The first-order valence-corrected chi connectivity index (χ1v) is 6.69. The minimum absolute atomic E-state index is 0.151. The average molecular weight is 252 g/mol. The molecule has 100 valence electrons. The van der Waals surface area contributed by atoms with Crippen LogP contribution in [0.3, 0.4) is 0 Å². The number of hydrogen-bond acceptors (Lipinski definition) is 4. The summed E-state index contributed by atoms with van der Waals surface area (Å²) in [6.07, 6.45) is 5.96. The third kappa shape index (κ3) is 3.55. The lowest BCUT2D eigenvalue weighted by atomic mass is 9.83. The van der Waals surface area contributed by atoms with E-state index in [1.807, 2.05) is 0 Å². The van der Waals surface area contributed by atoms with Gasteiger partial charge in [-0.05, 0) is 38.0 Å². The molecule has 1 aromatic rings. The normalized spacial score (nSPS) is 24.1. The molecule has 18 heavy (non-hydrogen) atoms. The molecule has 5 nitrogen and oxygen atoms in total. The molecule has 1 aromatic heterocycles. The molecule has 0 atom stereocenters. The zero-order valence-electron chi connectivity index (χ0n) is 10.8. The topological polar surface area (TPSA) is 76.2 Å². The summed E-state index contributed by atoms with van der Waals surface area (Å²) in [6, 6.07) is 0. The molecule has 2 rings (SSSR count). The molecule has 0 saturated heterocycles. The molecule has 0 aliphatic heterocycles. The number of aromatic nitrogens is 2. The molecule has 0 spiro atoms. The summed E-state index contributed by atoms with van der Waals surface area (Å²) in [5.41, 5.74) is 0. The van der Waals surface area contributed by atoms with Crippen LogP contribution in [0.5, 0.6) is 0 Å². The van der Waals surface area contributed by atoms with Gasteiger partial charge in [-0.15, -0.1) is 10.2 Å². The number of aliphatic carboxylic acids is 1. The summed E-state index contributed by atoms with van der Waals surface area (Å²) < 4.78 is 5.63. The van der Waals surface area contributed by atoms with E-state index in [1.54, 1.807) is 0 Å². The van der Waals surface area contributed by atoms with Gasteiger partial charge in [-0.2, -0.15) is 0 Å². The molecule has 0 bridgehead atoms. The van der Waals surface area contributed by atoms with Crippen LogP contribution in [-0.2, 0) is 11.2 Å². The van der Waals surface area contributed by atoms with Crippen molar-refractivity contribution in [2.75, 3.05) is 0 Å². The number of aryl methyl sites for hydroxylation is 1. The molecule has 0 unspecified atom stereocenters. The first kappa shape index (κ1) is 13.1. The standard InChI is InChI=1S/C13H20N2O3/c1-9-5-7-10(8-6-9)13-15-14-11(18-13)3-2-4-12(16)17/h9-10H,2-8H2,1H3,(H,16,17). The van der Waals surface area contributed by atoms with E-state index in [4.69, 9.17) is 9.52 Å². The second kappa shape index (κ2) is 5.98. The predicted octanol–water partition coefficient (Wildman–Crippen LogP) is 2.77. The molecule has 1 fully saturated rings. The van der Waals surface area contributed by atoms with Crippen LogP contribution < -0.4 is 0 Å². The van der Waals surface area contributed by atoms with E-state index in [0.717, 1.165) is 24.7 Å². The molecule has 1 saturated carbocycles. The maximum atomic E-state index is 10.4. The highest BCUT2D eigenvalue weighted by molar-refractivity contribution is 5.66. The minimum atomic E-state index is -0.781. The van der Waals surface area contributed by atoms with Gasteiger partial charge in [-0.25, -0.2) is 0 Å². The second-order valence-electron chi connectivity index (χ2n) is 5.24. The molecular weight excluding hydrogens is 232 g/mol. The van der Waals surface area contributed by atoms with Crippen LogP contribution in [0.4, 0.5) is 0 Å². The maximum absolute atomic E-state index is 10.4. The van der Waals surface area contributed by atoms with Gasteiger partial charge < -0.3 is 9.52 Å². The minimum Gasteiger partial charge on any atom is -0.481 e. The number of hydrogen-bond donors (Lipinski definition) is 1. The van der Waals surface area contributed by atoms with Gasteiger partial charge in [0.2, 0.25) is 11.8 Å². The van der Waals surface area contributed by atoms with Gasteiger partial charge in [-0.3, -0.25) is 4.79 Å². The number of carbonyl (C=O) groups is 1. The Bertz CT molecular complexity index is 395. The van der Waals surface area contributed by atoms with Crippen LogP contribution >= 0.6 is 0 Å². The molecule has 0 radical (unpaired) electrons. The van der Waals surface area contributed by atoms with Gasteiger partial charge in [0.25, 0.3) is 0 Å². The molecule has 1 N–H and O–H groups in total. The van der Waals surface area contributed by atoms with Gasteiger partial charge in [0.05, 0.1) is 0 Å². The van der Waals surface area contributed by atoms with Crippen molar-refractivity contribution in [3.63, 3.8) is 0 Å². The summed E-state index contributed by atoms with van der Waals surface area (Å²) in [6.45, 7) is 2.28. The Kier molecular flexibility index (Phi) is 4.33. The average Bonchev–Trinajstić information content (AvgIpc) is 2.78. The van der Waals surface area contributed by atoms with Gasteiger partial charge in [0, 0.05) is 18.8 Å². The number of carboxylic acids is 1. The van der Waals surface area contributed by atoms with Crippen molar-refractivity contribution < 1.29 is 14.3 Å². The Morgan fingerprint density at radius 2 is 2.06 bits per heavy atom. The smallest absolute Gasteiger partial charge is 0.303 e. The van der Waals surface area contributed by atoms with Crippen LogP contribution in [0, 0.1) is 5.92 Å². The van der Waals surface area contributed by atoms with Crippen LogP contribution in [0.15, 0.2) is 4.42 Å². The van der Waals surface area contributed by atoms with Crippen molar-refractivity contribution in [1.29, 1.82) is 0 Å². The Morgan fingerprint density at radius 3 is 2.72 bits per heavy atom. The van der Waals surface area contributed by atoms with E-state index < -0.39 is 5.97 Å². The Hall–Kier alpha value is -1.39. The van der Waals surface area contributed by atoms with Crippen LogP contribution in [0.1, 0.15) is 63.1 Å². The highest BCUT2D eigenvalue weighted by Crippen LogP contribution is 2.34. The summed E-state index contributed by atoms with van der Waals surface area (Å²) in [4.78, 5) is 10.4.